The highest BCUT2D eigenvalue weighted by Crippen LogP contribution is 2.31. The summed E-state index contributed by atoms with van der Waals surface area (Å²) in [6, 6.07) is 10.00. The molecule has 0 bridgehead atoms. The van der Waals surface area contributed by atoms with E-state index in [9.17, 15) is 27.6 Å². The molecule has 1 aliphatic rings. The van der Waals surface area contributed by atoms with Crippen LogP contribution in [0.15, 0.2) is 48.5 Å². The molecule has 26 heavy (non-hydrogen) atoms. The maximum atomic E-state index is 12.7. The van der Waals surface area contributed by atoms with Crippen LogP contribution < -0.4 is 10.2 Å². The van der Waals surface area contributed by atoms with Crippen LogP contribution in [0.2, 0.25) is 0 Å². The average Bonchev–Trinajstić information content (AvgIpc) is 2.93. The molecule has 2 aromatic carbocycles. The first kappa shape index (κ1) is 17.7. The van der Waals surface area contributed by atoms with Gasteiger partial charge in [-0.1, -0.05) is 6.07 Å². The van der Waals surface area contributed by atoms with Crippen LogP contribution in [0.3, 0.4) is 0 Å². The van der Waals surface area contributed by atoms with Gasteiger partial charge in [0.1, 0.15) is 0 Å². The molecular formula is C18H13F3N2O3. The molecule has 1 N–H and O–H groups in total. The fourth-order valence-corrected chi connectivity index (χ4v) is 2.60. The third-order valence-corrected chi connectivity index (χ3v) is 3.89. The number of imide groups is 1. The Labute approximate surface area is 146 Å². The Morgan fingerprint density at radius 2 is 1.58 bits per heavy atom. The highest BCUT2D eigenvalue weighted by molar-refractivity contribution is 6.20. The van der Waals surface area contributed by atoms with Crippen LogP contribution in [0.25, 0.3) is 0 Å². The summed E-state index contributed by atoms with van der Waals surface area (Å²) in [4.78, 5) is 36.6. The Bertz CT molecular complexity index is 860. The first-order valence-electron chi connectivity index (χ1n) is 7.70. The van der Waals surface area contributed by atoms with E-state index >= 15 is 0 Å². The highest BCUT2D eigenvalue weighted by atomic mass is 19.4. The predicted octanol–water partition coefficient (Wildman–Crippen LogP) is 3.61. The van der Waals surface area contributed by atoms with Crippen LogP contribution in [0.4, 0.5) is 24.5 Å². The Balaban J connectivity index is 1.75. The molecule has 0 unspecified atom stereocenters. The quantitative estimate of drug-likeness (QED) is 0.849. The Morgan fingerprint density at radius 1 is 0.962 bits per heavy atom. The van der Waals surface area contributed by atoms with Gasteiger partial charge in [0.2, 0.25) is 11.8 Å². The van der Waals surface area contributed by atoms with Gasteiger partial charge in [0, 0.05) is 24.1 Å². The molecule has 3 amide bonds. The van der Waals surface area contributed by atoms with Gasteiger partial charge in [-0.05, 0) is 42.5 Å². The lowest BCUT2D eigenvalue weighted by atomic mass is 10.1. The zero-order chi connectivity index (χ0) is 18.9. The van der Waals surface area contributed by atoms with Gasteiger partial charge in [-0.2, -0.15) is 13.2 Å². The van der Waals surface area contributed by atoms with Crippen molar-refractivity contribution in [2.75, 3.05) is 10.2 Å². The Kier molecular flexibility index (Phi) is 4.50. The van der Waals surface area contributed by atoms with Gasteiger partial charge >= 0.3 is 6.18 Å². The van der Waals surface area contributed by atoms with E-state index in [0.717, 1.165) is 17.0 Å². The van der Waals surface area contributed by atoms with E-state index in [1.165, 1.54) is 36.4 Å². The standard InChI is InChI=1S/C18H13F3N2O3/c19-18(20,21)12-2-1-3-13(10-12)22-17(26)11-4-6-14(7-5-11)23-15(24)8-9-16(23)25/h1-7,10H,8-9H2,(H,22,26). The second kappa shape index (κ2) is 6.62. The second-order valence-corrected chi connectivity index (χ2v) is 5.70. The van der Waals surface area contributed by atoms with E-state index in [0.29, 0.717) is 5.69 Å². The van der Waals surface area contributed by atoms with Crippen LogP contribution in [0.1, 0.15) is 28.8 Å². The Hall–Kier alpha value is -3.16. The van der Waals surface area contributed by atoms with Crippen molar-refractivity contribution in [2.45, 2.75) is 19.0 Å². The summed E-state index contributed by atoms with van der Waals surface area (Å²) in [5, 5.41) is 2.39. The number of anilines is 2. The SMILES string of the molecule is O=C(Nc1cccc(C(F)(F)F)c1)c1ccc(N2C(=O)CCC2=O)cc1. The first-order valence-corrected chi connectivity index (χ1v) is 7.70. The minimum Gasteiger partial charge on any atom is -0.322 e. The summed E-state index contributed by atoms with van der Waals surface area (Å²) < 4.78 is 38.1. The number of amides is 3. The molecule has 1 aliphatic heterocycles. The fraction of sp³-hybridized carbons (Fsp3) is 0.167. The zero-order valence-corrected chi connectivity index (χ0v) is 13.3. The largest absolute Gasteiger partial charge is 0.416 e. The maximum absolute atomic E-state index is 12.7. The van der Waals surface area contributed by atoms with Crippen molar-refractivity contribution in [2.24, 2.45) is 0 Å². The van der Waals surface area contributed by atoms with Crippen molar-refractivity contribution in [3.63, 3.8) is 0 Å². The number of benzene rings is 2. The van der Waals surface area contributed by atoms with E-state index < -0.39 is 17.6 Å². The van der Waals surface area contributed by atoms with Crippen LogP contribution in [0, 0.1) is 0 Å². The molecule has 0 radical (unpaired) electrons. The number of nitrogens with one attached hydrogen (secondary N) is 1. The normalized spacial score (nSPS) is 14.7. The number of hydrogen-bond acceptors (Lipinski definition) is 3. The van der Waals surface area contributed by atoms with E-state index in [-0.39, 0.29) is 35.9 Å². The number of alkyl halides is 3. The number of rotatable bonds is 3. The predicted molar refractivity (Wildman–Crippen MR) is 87.6 cm³/mol. The molecule has 5 nitrogen and oxygen atoms in total. The highest BCUT2D eigenvalue weighted by Gasteiger charge is 2.31. The molecule has 8 heteroatoms. The third kappa shape index (κ3) is 3.58. The Morgan fingerprint density at radius 3 is 2.15 bits per heavy atom. The van der Waals surface area contributed by atoms with Crippen LogP contribution in [-0.4, -0.2) is 17.7 Å². The molecule has 3 rings (SSSR count). The molecule has 0 atom stereocenters. The summed E-state index contributed by atoms with van der Waals surface area (Å²) in [5.74, 6) is -1.22. The van der Waals surface area contributed by atoms with E-state index in [1.807, 2.05) is 0 Å². The van der Waals surface area contributed by atoms with Crippen molar-refractivity contribution in [1.82, 2.24) is 0 Å². The summed E-state index contributed by atoms with van der Waals surface area (Å²) in [5.41, 5.74) is -0.311. The van der Waals surface area contributed by atoms with Gasteiger partial charge in [-0.3, -0.25) is 19.3 Å². The van der Waals surface area contributed by atoms with E-state index in [4.69, 9.17) is 0 Å². The molecule has 0 aliphatic carbocycles. The molecule has 1 saturated heterocycles. The summed E-state index contributed by atoms with van der Waals surface area (Å²) in [7, 11) is 0. The van der Waals surface area contributed by atoms with Gasteiger partial charge < -0.3 is 5.32 Å². The van der Waals surface area contributed by atoms with E-state index in [1.54, 1.807) is 0 Å². The van der Waals surface area contributed by atoms with Crippen LogP contribution in [-0.2, 0) is 15.8 Å². The van der Waals surface area contributed by atoms with Gasteiger partial charge in [0.15, 0.2) is 0 Å². The lowest BCUT2D eigenvalue weighted by Gasteiger charge is -2.14. The first-order chi connectivity index (χ1) is 12.3. The molecule has 1 heterocycles. The van der Waals surface area contributed by atoms with Gasteiger partial charge in [-0.15, -0.1) is 0 Å². The summed E-state index contributed by atoms with van der Waals surface area (Å²) >= 11 is 0. The zero-order valence-electron chi connectivity index (χ0n) is 13.3. The fourth-order valence-electron chi connectivity index (χ4n) is 2.60. The van der Waals surface area contributed by atoms with Crippen molar-refractivity contribution >= 4 is 29.1 Å². The van der Waals surface area contributed by atoms with Crippen molar-refractivity contribution in [3.05, 3.63) is 59.7 Å². The number of hydrogen-bond donors (Lipinski definition) is 1. The smallest absolute Gasteiger partial charge is 0.322 e. The van der Waals surface area contributed by atoms with Crippen LogP contribution in [0.5, 0.6) is 0 Å². The monoisotopic (exact) mass is 362 g/mol. The van der Waals surface area contributed by atoms with Crippen LogP contribution >= 0.6 is 0 Å². The van der Waals surface area contributed by atoms with E-state index in [2.05, 4.69) is 5.32 Å². The molecule has 0 aromatic heterocycles. The third-order valence-electron chi connectivity index (χ3n) is 3.89. The van der Waals surface area contributed by atoms with Gasteiger partial charge in [-0.25, -0.2) is 0 Å². The lowest BCUT2D eigenvalue weighted by molar-refractivity contribution is -0.137. The topological polar surface area (TPSA) is 66.5 Å². The maximum Gasteiger partial charge on any atom is 0.416 e. The second-order valence-electron chi connectivity index (χ2n) is 5.70. The average molecular weight is 362 g/mol. The molecule has 0 saturated carbocycles. The molecule has 0 spiro atoms. The number of halogens is 3. The number of carbonyl (C=O) groups is 3. The molecular weight excluding hydrogens is 349 g/mol. The summed E-state index contributed by atoms with van der Waals surface area (Å²) in [6.45, 7) is 0. The minimum atomic E-state index is -4.50. The molecule has 1 fully saturated rings. The lowest BCUT2D eigenvalue weighted by Crippen LogP contribution is -2.28. The summed E-state index contributed by atoms with van der Waals surface area (Å²) in [6.07, 6.45) is -4.20. The molecule has 134 valence electrons. The van der Waals surface area contributed by atoms with Crippen molar-refractivity contribution < 1.29 is 27.6 Å². The van der Waals surface area contributed by atoms with Gasteiger partial charge in [0.25, 0.3) is 5.91 Å². The van der Waals surface area contributed by atoms with Crippen molar-refractivity contribution in [3.8, 4) is 0 Å². The van der Waals surface area contributed by atoms with Crippen molar-refractivity contribution in [1.29, 1.82) is 0 Å². The molecule has 2 aromatic rings. The minimum absolute atomic E-state index is 0.0128. The number of carbonyl (C=O) groups excluding carboxylic acids is 3. The number of nitrogens with zero attached hydrogens (tertiary/aromatic N) is 1. The van der Waals surface area contributed by atoms with Gasteiger partial charge in [0.05, 0.1) is 11.3 Å².